The minimum atomic E-state index is -0.444. The molecule has 156 valence electrons. The van der Waals surface area contributed by atoms with Gasteiger partial charge in [-0.1, -0.05) is 0 Å². The normalized spacial score (nSPS) is 11.8. The van der Waals surface area contributed by atoms with Crippen LogP contribution in [0.4, 0.5) is 0 Å². The van der Waals surface area contributed by atoms with Gasteiger partial charge in [-0.15, -0.1) is 0 Å². The third-order valence-corrected chi connectivity index (χ3v) is 4.57. The van der Waals surface area contributed by atoms with E-state index in [9.17, 15) is 4.79 Å². The second-order valence-corrected chi connectivity index (χ2v) is 6.78. The largest absolute Gasteiger partial charge is 0.477 e. The topological polar surface area (TPSA) is 100.0 Å². The Bertz CT molecular complexity index is 984. The molecule has 1 unspecified atom stereocenters. The fourth-order valence-electron chi connectivity index (χ4n) is 2.94. The number of rotatable bonds is 10. The van der Waals surface area contributed by atoms with Gasteiger partial charge in [0.2, 0.25) is 11.2 Å². The molecule has 0 saturated carbocycles. The zero-order valence-electron chi connectivity index (χ0n) is 16.8. The summed E-state index contributed by atoms with van der Waals surface area (Å²) in [6.07, 6.45) is 7.09. The third-order valence-electron chi connectivity index (χ3n) is 4.38. The molecule has 0 bridgehead atoms. The number of carbonyl (C=O) groups excluding carboxylic acids is 1. The molecular formula is C21H22ClN5O3. The highest BCUT2D eigenvalue weighted by molar-refractivity contribution is 6.28. The summed E-state index contributed by atoms with van der Waals surface area (Å²) in [5.41, 5.74) is 2.68. The lowest BCUT2D eigenvalue weighted by Gasteiger charge is -2.15. The van der Waals surface area contributed by atoms with E-state index in [-0.39, 0.29) is 17.5 Å². The van der Waals surface area contributed by atoms with E-state index < -0.39 is 5.92 Å². The fourth-order valence-corrected chi connectivity index (χ4v) is 3.09. The minimum Gasteiger partial charge on any atom is -0.477 e. The maximum absolute atomic E-state index is 13.0. The van der Waals surface area contributed by atoms with Crippen LogP contribution in [-0.2, 0) is 16.0 Å². The maximum Gasteiger partial charge on any atom is 0.232 e. The molecule has 3 heterocycles. The molecular weight excluding hydrogens is 406 g/mol. The molecule has 30 heavy (non-hydrogen) atoms. The summed E-state index contributed by atoms with van der Waals surface area (Å²) in [5.74, 6) is -0.000352. The van der Waals surface area contributed by atoms with E-state index in [1.807, 2.05) is 19.1 Å². The average molecular weight is 428 g/mol. The van der Waals surface area contributed by atoms with Crippen LogP contribution in [0.2, 0.25) is 5.28 Å². The molecule has 3 rings (SSSR count). The number of methoxy groups -OCH3 is 1. The molecule has 9 heteroatoms. The summed E-state index contributed by atoms with van der Waals surface area (Å²) >= 11 is 5.90. The van der Waals surface area contributed by atoms with Crippen molar-refractivity contribution in [1.82, 2.24) is 24.9 Å². The first kappa shape index (κ1) is 21.7. The summed E-state index contributed by atoms with van der Waals surface area (Å²) < 4.78 is 10.5. The van der Waals surface area contributed by atoms with Crippen LogP contribution in [0.5, 0.6) is 5.88 Å². The van der Waals surface area contributed by atoms with Crippen molar-refractivity contribution in [3.05, 3.63) is 59.7 Å². The second kappa shape index (κ2) is 10.7. The number of ketones is 1. The number of nitrogens with zero attached hydrogens (tertiary/aromatic N) is 5. The van der Waals surface area contributed by atoms with Gasteiger partial charge in [-0.2, -0.15) is 0 Å². The number of carbonyl (C=O) groups is 1. The molecule has 3 aromatic heterocycles. The summed E-state index contributed by atoms with van der Waals surface area (Å²) in [5, 5.41) is 0.112. The summed E-state index contributed by atoms with van der Waals surface area (Å²) in [6.45, 7) is 2.83. The highest BCUT2D eigenvalue weighted by atomic mass is 35.5. The van der Waals surface area contributed by atoms with E-state index in [0.717, 1.165) is 5.56 Å². The summed E-state index contributed by atoms with van der Waals surface area (Å²) in [4.78, 5) is 34.0. The zero-order valence-corrected chi connectivity index (χ0v) is 17.5. The van der Waals surface area contributed by atoms with Crippen molar-refractivity contribution < 1.29 is 14.3 Å². The quantitative estimate of drug-likeness (QED) is 0.454. The van der Waals surface area contributed by atoms with Gasteiger partial charge in [-0.05, 0) is 43.1 Å². The molecule has 1 atom stereocenters. The van der Waals surface area contributed by atoms with Gasteiger partial charge in [0, 0.05) is 43.8 Å². The molecule has 0 aromatic carbocycles. The van der Waals surface area contributed by atoms with Crippen LogP contribution in [0.25, 0.3) is 11.3 Å². The van der Waals surface area contributed by atoms with Crippen LogP contribution in [0.15, 0.2) is 43.0 Å². The molecule has 0 fully saturated rings. The van der Waals surface area contributed by atoms with E-state index in [4.69, 9.17) is 21.1 Å². The van der Waals surface area contributed by atoms with Crippen LogP contribution >= 0.6 is 11.6 Å². The van der Waals surface area contributed by atoms with E-state index in [1.165, 1.54) is 0 Å². The Kier molecular flexibility index (Phi) is 7.75. The van der Waals surface area contributed by atoms with Gasteiger partial charge in [0.1, 0.15) is 5.78 Å². The fraction of sp³-hybridized carbons (Fsp3) is 0.333. The SMILES string of the molecule is CCOc1cncc(-c2ccc(CC(=O)C(CCOC)c3ccnc(Cl)n3)nc2)n1. The van der Waals surface area contributed by atoms with Crippen molar-refractivity contribution in [2.24, 2.45) is 0 Å². The Labute approximate surface area is 179 Å². The third kappa shape index (κ3) is 5.77. The molecule has 0 aliphatic carbocycles. The van der Waals surface area contributed by atoms with Crippen LogP contribution < -0.4 is 4.74 Å². The molecule has 0 aliphatic rings. The number of halogens is 1. The van der Waals surface area contributed by atoms with Gasteiger partial charge in [0.05, 0.1) is 36.3 Å². The van der Waals surface area contributed by atoms with E-state index in [0.29, 0.717) is 42.6 Å². The minimum absolute atomic E-state index is 0.0137. The lowest BCUT2D eigenvalue weighted by molar-refractivity contribution is -0.120. The van der Waals surface area contributed by atoms with Crippen molar-refractivity contribution >= 4 is 17.4 Å². The first-order chi connectivity index (χ1) is 14.6. The Morgan fingerprint density at radius 1 is 1.13 bits per heavy atom. The zero-order chi connectivity index (χ0) is 21.3. The van der Waals surface area contributed by atoms with Crippen molar-refractivity contribution in [3.8, 4) is 17.1 Å². The Morgan fingerprint density at radius 3 is 2.70 bits per heavy atom. The number of hydrogen-bond donors (Lipinski definition) is 0. The van der Waals surface area contributed by atoms with Crippen LogP contribution in [0.1, 0.15) is 30.7 Å². The highest BCUT2D eigenvalue weighted by Gasteiger charge is 2.23. The maximum atomic E-state index is 13.0. The standard InChI is InChI=1S/C21H22ClN5O3/c1-3-30-20-13-23-12-18(26-20)14-4-5-15(25-11-14)10-19(28)16(7-9-29-2)17-6-8-24-21(22)27-17/h4-6,8,11-13,16H,3,7,9-10H2,1-2H3. The molecule has 0 radical (unpaired) electrons. The summed E-state index contributed by atoms with van der Waals surface area (Å²) in [6, 6.07) is 5.37. The Hall–Kier alpha value is -2.97. The predicted molar refractivity (Wildman–Crippen MR) is 111 cm³/mol. The Morgan fingerprint density at radius 2 is 2.00 bits per heavy atom. The van der Waals surface area contributed by atoms with Crippen molar-refractivity contribution in [3.63, 3.8) is 0 Å². The van der Waals surface area contributed by atoms with Gasteiger partial charge in [-0.3, -0.25) is 14.8 Å². The van der Waals surface area contributed by atoms with E-state index in [1.54, 1.807) is 38.0 Å². The first-order valence-electron chi connectivity index (χ1n) is 9.51. The van der Waals surface area contributed by atoms with Crippen LogP contribution in [0.3, 0.4) is 0 Å². The van der Waals surface area contributed by atoms with Gasteiger partial charge >= 0.3 is 0 Å². The summed E-state index contributed by atoms with van der Waals surface area (Å²) in [7, 11) is 1.60. The van der Waals surface area contributed by atoms with Crippen molar-refractivity contribution in [1.29, 1.82) is 0 Å². The second-order valence-electron chi connectivity index (χ2n) is 6.44. The molecule has 0 amide bonds. The predicted octanol–water partition coefficient (Wildman–Crippen LogP) is 3.31. The van der Waals surface area contributed by atoms with Gasteiger partial charge in [0.25, 0.3) is 0 Å². The number of Topliss-reactive ketones (excluding diaryl/α,β-unsaturated/α-hetero) is 1. The molecule has 8 nitrogen and oxygen atoms in total. The van der Waals surface area contributed by atoms with Gasteiger partial charge in [-0.25, -0.2) is 15.0 Å². The lowest BCUT2D eigenvalue weighted by atomic mass is 9.93. The smallest absolute Gasteiger partial charge is 0.232 e. The van der Waals surface area contributed by atoms with E-state index >= 15 is 0 Å². The van der Waals surface area contributed by atoms with Gasteiger partial charge in [0.15, 0.2) is 0 Å². The van der Waals surface area contributed by atoms with Crippen molar-refractivity contribution in [2.45, 2.75) is 25.7 Å². The van der Waals surface area contributed by atoms with Gasteiger partial charge < -0.3 is 9.47 Å². The molecule has 0 saturated heterocycles. The average Bonchev–Trinajstić information content (AvgIpc) is 2.75. The number of aromatic nitrogens is 5. The molecule has 3 aromatic rings. The van der Waals surface area contributed by atoms with Crippen molar-refractivity contribution in [2.75, 3.05) is 20.3 Å². The number of ether oxygens (including phenoxy) is 2. The Balaban J connectivity index is 1.74. The highest BCUT2D eigenvalue weighted by Crippen LogP contribution is 2.23. The van der Waals surface area contributed by atoms with Crippen LogP contribution in [0, 0.1) is 0 Å². The van der Waals surface area contributed by atoms with E-state index in [2.05, 4.69) is 24.9 Å². The number of pyridine rings is 1. The van der Waals surface area contributed by atoms with Crippen LogP contribution in [-0.4, -0.2) is 51.0 Å². The molecule has 0 aliphatic heterocycles. The lowest BCUT2D eigenvalue weighted by Crippen LogP contribution is -2.19. The first-order valence-corrected chi connectivity index (χ1v) is 9.88. The number of hydrogen-bond acceptors (Lipinski definition) is 8. The monoisotopic (exact) mass is 427 g/mol. The molecule has 0 N–H and O–H groups in total. The molecule has 0 spiro atoms.